The van der Waals surface area contributed by atoms with E-state index in [0.29, 0.717) is 28.3 Å². The molecule has 1 saturated carbocycles. The van der Waals surface area contributed by atoms with Crippen molar-refractivity contribution in [1.82, 2.24) is 19.3 Å². The minimum Gasteiger partial charge on any atom is -0.495 e. The molecule has 1 N–H and O–H groups in total. The Balaban J connectivity index is 1.53. The van der Waals surface area contributed by atoms with Gasteiger partial charge in [0.1, 0.15) is 24.0 Å². The molecule has 0 radical (unpaired) electrons. The van der Waals surface area contributed by atoms with Crippen molar-refractivity contribution in [2.24, 2.45) is 0 Å². The number of ether oxygens (including phenoxy) is 1. The summed E-state index contributed by atoms with van der Waals surface area (Å²) in [7, 11) is 1.61. The number of nitriles is 1. The van der Waals surface area contributed by atoms with E-state index in [9.17, 15) is 10.1 Å². The van der Waals surface area contributed by atoms with Gasteiger partial charge < -0.3 is 14.6 Å². The largest absolute Gasteiger partial charge is 0.495 e. The summed E-state index contributed by atoms with van der Waals surface area (Å²) in [6.07, 6.45) is 6.08. The number of anilines is 1. The normalized spacial score (nSPS) is 13.8. The van der Waals surface area contributed by atoms with Crippen LogP contribution in [0.2, 0.25) is 0 Å². The summed E-state index contributed by atoms with van der Waals surface area (Å²) in [4.78, 5) is 12.9. The molecule has 3 aromatic rings. The first-order valence-electron chi connectivity index (χ1n) is 10.6. The van der Waals surface area contributed by atoms with Crippen LogP contribution in [0.25, 0.3) is 5.69 Å². The van der Waals surface area contributed by atoms with Gasteiger partial charge in [-0.05, 0) is 44.4 Å². The summed E-state index contributed by atoms with van der Waals surface area (Å²) >= 11 is 1.29. The molecule has 0 aliphatic heterocycles. The van der Waals surface area contributed by atoms with Crippen molar-refractivity contribution in [2.75, 3.05) is 18.2 Å². The summed E-state index contributed by atoms with van der Waals surface area (Å²) in [5.74, 6) is 1.27. The lowest BCUT2D eigenvalue weighted by atomic mass is 10.2. The molecular formula is C23H26N6O2S. The highest BCUT2D eigenvalue weighted by Crippen LogP contribution is 2.38. The Morgan fingerprint density at radius 1 is 1.31 bits per heavy atom. The predicted octanol–water partition coefficient (Wildman–Crippen LogP) is 4.41. The number of hydrogen-bond donors (Lipinski definition) is 1. The second kappa shape index (κ2) is 9.49. The van der Waals surface area contributed by atoms with Gasteiger partial charge in [-0.3, -0.25) is 9.36 Å². The molecule has 1 amide bonds. The quantitative estimate of drug-likeness (QED) is 0.536. The van der Waals surface area contributed by atoms with Crippen molar-refractivity contribution >= 4 is 23.5 Å². The molecule has 166 valence electrons. The number of hydrogen-bond acceptors (Lipinski definition) is 6. The van der Waals surface area contributed by atoms with Gasteiger partial charge in [0.05, 0.1) is 24.1 Å². The number of para-hydroxylation sites is 2. The molecular weight excluding hydrogens is 424 g/mol. The van der Waals surface area contributed by atoms with Crippen LogP contribution in [0.1, 0.15) is 48.5 Å². The minimum atomic E-state index is -0.183. The lowest BCUT2D eigenvalue weighted by Crippen LogP contribution is -2.20. The minimum absolute atomic E-state index is 0.145. The van der Waals surface area contributed by atoms with Gasteiger partial charge in [-0.2, -0.15) is 5.26 Å². The van der Waals surface area contributed by atoms with E-state index in [-0.39, 0.29) is 11.7 Å². The first-order valence-corrected chi connectivity index (χ1v) is 11.6. The molecule has 0 bridgehead atoms. The van der Waals surface area contributed by atoms with Crippen molar-refractivity contribution in [3.63, 3.8) is 0 Å². The molecule has 1 aliphatic rings. The number of benzene rings is 1. The van der Waals surface area contributed by atoms with E-state index in [0.717, 1.165) is 29.8 Å². The zero-order chi connectivity index (χ0) is 22.7. The molecule has 1 aromatic carbocycles. The van der Waals surface area contributed by atoms with Crippen molar-refractivity contribution in [2.45, 2.75) is 50.7 Å². The summed E-state index contributed by atoms with van der Waals surface area (Å²) in [6.45, 7) is 3.97. The van der Waals surface area contributed by atoms with E-state index in [2.05, 4.69) is 26.2 Å². The Morgan fingerprint density at radius 2 is 2.06 bits per heavy atom. The second-order valence-electron chi connectivity index (χ2n) is 7.85. The Kier molecular flexibility index (Phi) is 6.51. The third-order valence-corrected chi connectivity index (χ3v) is 6.95. The Labute approximate surface area is 191 Å². The number of nitrogens with zero attached hydrogens (tertiary/aromatic N) is 5. The maximum absolute atomic E-state index is 12.9. The molecule has 0 spiro atoms. The van der Waals surface area contributed by atoms with Crippen LogP contribution in [0.4, 0.5) is 5.82 Å². The van der Waals surface area contributed by atoms with E-state index < -0.39 is 0 Å². The van der Waals surface area contributed by atoms with Gasteiger partial charge >= 0.3 is 0 Å². The van der Waals surface area contributed by atoms with Gasteiger partial charge in [-0.1, -0.05) is 36.7 Å². The molecule has 2 heterocycles. The van der Waals surface area contributed by atoms with Gasteiger partial charge in [0.25, 0.3) is 0 Å². The molecule has 9 heteroatoms. The fourth-order valence-electron chi connectivity index (χ4n) is 4.32. The average molecular weight is 451 g/mol. The molecule has 1 fully saturated rings. The van der Waals surface area contributed by atoms with E-state index in [1.165, 1.54) is 24.6 Å². The Morgan fingerprint density at radius 3 is 2.78 bits per heavy atom. The Hall–Kier alpha value is -3.25. The molecule has 8 nitrogen and oxygen atoms in total. The van der Waals surface area contributed by atoms with Gasteiger partial charge in [-0.25, -0.2) is 0 Å². The van der Waals surface area contributed by atoms with Crippen molar-refractivity contribution in [3.05, 3.63) is 47.4 Å². The third kappa shape index (κ3) is 4.10. The monoisotopic (exact) mass is 450 g/mol. The summed E-state index contributed by atoms with van der Waals surface area (Å²) in [5.41, 5.74) is 3.33. The fraction of sp³-hybridized carbons (Fsp3) is 0.391. The first kappa shape index (κ1) is 22.0. The first-order chi connectivity index (χ1) is 15.5. The second-order valence-corrected chi connectivity index (χ2v) is 8.79. The van der Waals surface area contributed by atoms with Crippen LogP contribution in [0.5, 0.6) is 5.75 Å². The summed E-state index contributed by atoms with van der Waals surface area (Å²) in [6, 6.07) is 10.2. The van der Waals surface area contributed by atoms with Crippen molar-refractivity contribution < 1.29 is 9.53 Å². The maximum Gasteiger partial charge on any atom is 0.235 e. The molecule has 32 heavy (non-hydrogen) atoms. The van der Waals surface area contributed by atoms with Crippen LogP contribution in [-0.2, 0) is 4.79 Å². The maximum atomic E-state index is 12.9. The smallest absolute Gasteiger partial charge is 0.235 e. The third-order valence-electron chi connectivity index (χ3n) is 6.01. The zero-order valence-corrected chi connectivity index (χ0v) is 19.3. The lowest BCUT2D eigenvalue weighted by molar-refractivity contribution is -0.113. The van der Waals surface area contributed by atoms with Crippen molar-refractivity contribution in [3.8, 4) is 17.5 Å². The van der Waals surface area contributed by atoms with Gasteiger partial charge in [0.15, 0.2) is 5.16 Å². The standard InChI is InChI=1S/C23H26N6O2S/c1-15-16(2)29(17-8-4-5-9-17)22(18(15)12-24)26-21(30)13-32-23-27-25-14-28(23)19-10-6-7-11-20(19)31-3/h6-7,10-11,14,17H,4-5,8-9,13H2,1-3H3,(H,26,30). The molecule has 0 saturated heterocycles. The van der Waals surface area contributed by atoms with Crippen LogP contribution in [-0.4, -0.2) is 38.1 Å². The number of nitrogens with one attached hydrogen (secondary N) is 1. The van der Waals surface area contributed by atoms with E-state index in [1.807, 2.05) is 38.1 Å². The summed E-state index contributed by atoms with van der Waals surface area (Å²) in [5, 5.41) is 21.5. The molecule has 1 aliphatic carbocycles. The highest BCUT2D eigenvalue weighted by Gasteiger charge is 2.26. The van der Waals surface area contributed by atoms with Gasteiger partial charge in [0.2, 0.25) is 5.91 Å². The Bertz CT molecular complexity index is 1170. The van der Waals surface area contributed by atoms with Crippen LogP contribution < -0.4 is 10.1 Å². The summed E-state index contributed by atoms with van der Waals surface area (Å²) < 4.78 is 9.38. The van der Waals surface area contributed by atoms with Crippen LogP contribution >= 0.6 is 11.8 Å². The topological polar surface area (TPSA) is 97.8 Å². The number of rotatable bonds is 7. The molecule has 4 rings (SSSR count). The average Bonchev–Trinajstić information content (AvgIpc) is 3.54. The molecule has 0 atom stereocenters. The van der Waals surface area contributed by atoms with Gasteiger partial charge in [-0.15, -0.1) is 10.2 Å². The SMILES string of the molecule is COc1ccccc1-n1cnnc1SCC(=O)Nc1c(C#N)c(C)c(C)n1C1CCCC1. The van der Waals surface area contributed by atoms with Crippen LogP contribution in [0.15, 0.2) is 35.7 Å². The van der Waals surface area contributed by atoms with Gasteiger partial charge in [0, 0.05) is 11.7 Å². The molecule has 0 unspecified atom stereocenters. The van der Waals surface area contributed by atoms with Crippen LogP contribution in [0.3, 0.4) is 0 Å². The van der Waals surface area contributed by atoms with Crippen molar-refractivity contribution in [1.29, 1.82) is 5.26 Å². The highest BCUT2D eigenvalue weighted by molar-refractivity contribution is 7.99. The predicted molar refractivity (Wildman–Crippen MR) is 123 cm³/mol. The number of thioether (sulfide) groups is 1. The molecule has 2 aromatic heterocycles. The number of amides is 1. The van der Waals surface area contributed by atoms with Crippen LogP contribution in [0, 0.1) is 25.2 Å². The van der Waals surface area contributed by atoms with E-state index >= 15 is 0 Å². The number of methoxy groups -OCH3 is 1. The lowest BCUT2D eigenvalue weighted by Gasteiger charge is -2.19. The highest BCUT2D eigenvalue weighted by atomic mass is 32.2. The fourth-order valence-corrected chi connectivity index (χ4v) is 5.04. The number of carbonyl (C=O) groups excluding carboxylic acids is 1. The zero-order valence-electron chi connectivity index (χ0n) is 18.5. The van der Waals surface area contributed by atoms with E-state index in [4.69, 9.17) is 4.74 Å². The van der Waals surface area contributed by atoms with E-state index in [1.54, 1.807) is 18.0 Å². The number of aromatic nitrogens is 4. The number of carbonyl (C=O) groups is 1.